The van der Waals surface area contributed by atoms with E-state index in [4.69, 9.17) is 4.98 Å². The first kappa shape index (κ1) is 19.3. The Kier molecular flexibility index (Phi) is 5.18. The van der Waals surface area contributed by atoms with Gasteiger partial charge in [-0.1, -0.05) is 36.4 Å². The number of ketones is 1. The largest absolute Gasteiger partial charge is 0.392 e. The SMILES string of the molecule is Cc1cn2c(/C=C/C(=O)c3ccc(C)c(C)c3)c(-c3ccc(CO)cc3)nc2s1. The van der Waals surface area contributed by atoms with Crippen LogP contribution in [-0.2, 0) is 6.61 Å². The molecule has 29 heavy (non-hydrogen) atoms. The summed E-state index contributed by atoms with van der Waals surface area (Å²) in [5.41, 5.74) is 6.46. The second-order valence-electron chi connectivity index (χ2n) is 7.19. The molecule has 2 aromatic carbocycles. The third-order valence-corrected chi connectivity index (χ3v) is 5.97. The fraction of sp³-hybridized carbons (Fsp3) is 0.167. The summed E-state index contributed by atoms with van der Waals surface area (Å²) < 4.78 is 2.03. The van der Waals surface area contributed by atoms with E-state index >= 15 is 0 Å². The summed E-state index contributed by atoms with van der Waals surface area (Å²) in [4.78, 5) is 19.6. The molecule has 0 aliphatic heterocycles. The zero-order valence-electron chi connectivity index (χ0n) is 16.6. The number of aryl methyl sites for hydroxylation is 3. The van der Waals surface area contributed by atoms with E-state index in [1.807, 2.05) is 79.9 Å². The molecule has 0 amide bonds. The molecule has 0 unspecified atom stereocenters. The summed E-state index contributed by atoms with van der Waals surface area (Å²) in [5.74, 6) is -0.0309. The molecule has 0 atom stereocenters. The molecule has 4 nitrogen and oxygen atoms in total. The van der Waals surface area contributed by atoms with Crippen LogP contribution in [0.15, 0.2) is 54.7 Å². The van der Waals surface area contributed by atoms with E-state index < -0.39 is 0 Å². The first-order chi connectivity index (χ1) is 14.0. The van der Waals surface area contributed by atoms with Crippen LogP contribution in [0.3, 0.4) is 0 Å². The number of thiazole rings is 1. The maximum atomic E-state index is 12.7. The monoisotopic (exact) mass is 402 g/mol. The van der Waals surface area contributed by atoms with Gasteiger partial charge in [-0.3, -0.25) is 9.20 Å². The topological polar surface area (TPSA) is 54.6 Å². The Hall–Kier alpha value is -3.02. The van der Waals surface area contributed by atoms with Gasteiger partial charge in [0.2, 0.25) is 0 Å². The van der Waals surface area contributed by atoms with Gasteiger partial charge in [0.05, 0.1) is 18.0 Å². The lowest BCUT2D eigenvalue weighted by Crippen LogP contribution is -1.96. The summed E-state index contributed by atoms with van der Waals surface area (Å²) in [5, 5.41) is 9.29. The van der Waals surface area contributed by atoms with Gasteiger partial charge < -0.3 is 5.11 Å². The third-order valence-electron chi connectivity index (χ3n) is 5.07. The van der Waals surface area contributed by atoms with Crippen LogP contribution < -0.4 is 0 Å². The number of fused-ring (bicyclic) bond motifs is 1. The number of carbonyl (C=O) groups excluding carboxylic acids is 1. The molecule has 4 rings (SSSR count). The first-order valence-electron chi connectivity index (χ1n) is 9.44. The second-order valence-corrected chi connectivity index (χ2v) is 8.40. The normalized spacial score (nSPS) is 11.6. The molecule has 0 aliphatic rings. The molecule has 0 fully saturated rings. The van der Waals surface area contributed by atoms with Crippen molar-refractivity contribution in [1.29, 1.82) is 0 Å². The molecule has 0 spiro atoms. The lowest BCUT2D eigenvalue weighted by molar-refractivity contribution is 0.104. The number of allylic oxidation sites excluding steroid dienone is 1. The molecule has 0 saturated carbocycles. The van der Waals surface area contributed by atoms with Crippen molar-refractivity contribution in [3.8, 4) is 11.3 Å². The van der Waals surface area contributed by atoms with Crippen LogP contribution in [-0.4, -0.2) is 20.3 Å². The quantitative estimate of drug-likeness (QED) is 0.360. The van der Waals surface area contributed by atoms with Gasteiger partial charge in [-0.25, -0.2) is 4.98 Å². The van der Waals surface area contributed by atoms with E-state index in [-0.39, 0.29) is 12.4 Å². The van der Waals surface area contributed by atoms with Crippen LogP contribution in [0.1, 0.15) is 37.6 Å². The lowest BCUT2D eigenvalue weighted by Gasteiger charge is -2.03. The number of aromatic nitrogens is 2. The Morgan fingerprint density at radius 1 is 1.10 bits per heavy atom. The molecule has 4 aromatic rings. The molecule has 2 heterocycles. The van der Waals surface area contributed by atoms with Crippen molar-refractivity contribution in [3.63, 3.8) is 0 Å². The molecule has 2 aromatic heterocycles. The first-order valence-corrected chi connectivity index (χ1v) is 10.3. The number of imidazole rings is 1. The minimum Gasteiger partial charge on any atom is -0.392 e. The standard InChI is InChI=1S/C24H22N2O2S/c1-15-4-7-20(12-16(15)2)22(28)11-10-21-23(19-8-5-18(14-27)6-9-19)25-24-26(21)13-17(3)29-24/h4-13,27H,14H2,1-3H3/b11-10+. The molecular weight excluding hydrogens is 380 g/mol. The highest BCUT2D eigenvalue weighted by Gasteiger charge is 2.15. The number of nitrogens with zero attached hydrogens (tertiary/aromatic N) is 2. The van der Waals surface area contributed by atoms with E-state index in [1.165, 1.54) is 5.56 Å². The predicted octanol–water partition coefficient (Wildman–Crippen LogP) is 5.38. The van der Waals surface area contributed by atoms with Crippen molar-refractivity contribution in [3.05, 3.63) is 87.6 Å². The van der Waals surface area contributed by atoms with Gasteiger partial charge in [0.25, 0.3) is 0 Å². The van der Waals surface area contributed by atoms with Crippen LogP contribution in [0.2, 0.25) is 0 Å². The molecule has 0 aliphatic carbocycles. The van der Waals surface area contributed by atoms with E-state index in [9.17, 15) is 9.90 Å². The van der Waals surface area contributed by atoms with Crippen molar-refractivity contribution >= 4 is 28.2 Å². The Bertz CT molecular complexity index is 1230. The van der Waals surface area contributed by atoms with Gasteiger partial charge in [0, 0.05) is 22.2 Å². The number of carbonyl (C=O) groups is 1. The van der Waals surface area contributed by atoms with E-state index in [1.54, 1.807) is 17.4 Å². The van der Waals surface area contributed by atoms with E-state index in [0.717, 1.165) is 37.9 Å². The number of aliphatic hydroxyl groups excluding tert-OH is 1. The van der Waals surface area contributed by atoms with Gasteiger partial charge in [-0.2, -0.15) is 0 Å². The van der Waals surface area contributed by atoms with E-state index in [2.05, 4.69) is 0 Å². The van der Waals surface area contributed by atoms with Crippen LogP contribution in [0, 0.1) is 20.8 Å². The molecule has 5 heteroatoms. The van der Waals surface area contributed by atoms with Gasteiger partial charge >= 0.3 is 0 Å². The van der Waals surface area contributed by atoms with Gasteiger partial charge in [-0.05, 0) is 55.7 Å². The third kappa shape index (κ3) is 3.79. The molecule has 146 valence electrons. The molecular formula is C24H22N2O2S. The van der Waals surface area contributed by atoms with Crippen molar-refractivity contribution < 1.29 is 9.90 Å². The van der Waals surface area contributed by atoms with Crippen LogP contribution in [0.5, 0.6) is 0 Å². The highest BCUT2D eigenvalue weighted by atomic mass is 32.1. The van der Waals surface area contributed by atoms with Crippen LogP contribution >= 0.6 is 11.3 Å². The van der Waals surface area contributed by atoms with E-state index in [0.29, 0.717) is 5.56 Å². The van der Waals surface area contributed by atoms with Crippen molar-refractivity contribution in [2.75, 3.05) is 0 Å². The lowest BCUT2D eigenvalue weighted by atomic mass is 10.0. The number of hydrogen-bond acceptors (Lipinski definition) is 4. The minimum absolute atomic E-state index is 0.00891. The summed E-state index contributed by atoms with van der Waals surface area (Å²) in [6.45, 7) is 6.10. The fourth-order valence-corrected chi connectivity index (χ4v) is 4.09. The highest BCUT2D eigenvalue weighted by Crippen LogP contribution is 2.29. The van der Waals surface area contributed by atoms with Gasteiger partial charge in [0.15, 0.2) is 10.7 Å². The summed E-state index contributed by atoms with van der Waals surface area (Å²) in [6.07, 6.45) is 5.50. The van der Waals surface area contributed by atoms with Crippen molar-refractivity contribution in [2.45, 2.75) is 27.4 Å². The maximum absolute atomic E-state index is 12.7. The fourth-order valence-electron chi connectivity index (χ4n) is 3.26. The summed E-state index contributed by atoms with van der Waals surface area (Å²) in [7, 11) is 0. The maximum Gasteiger partial charge on any atom is 0.194 e. The smallest absolute Gasteiger partial charge is 0.194 e. The number of rotatable bonds is 5. The van der Waals surface area contributed by atoms with Gasteiger partial charge in [0.1, 0.15) is 0 Å². The van der Waals surface area contributed by atoms with Crippen LogP contribution in [0.25, 0.3) is 22.3 Å². The number of benzene rings is 2. The minimum atomic E-state index is -0.0309. The summed E-state index contributed by atoms with van der Waals surface area (Å²) >= 11 is 1.62. The highest BCUT2D eigenvalue weighted by molar-refractivity contribution is 7.17. The van der Waals surface area contributed by atoms with Crippen molar-refractivity contribution in [1.82, 2.24) is 9.38 Å². The Balaban J connectivity index is 1.75. The average molecular weight is 403 g/mol. The zero-order chi connectivity index (χ0) is 20.5. The molecule has 1 N–H and O–H groups in total. The Morgan fingerprint density at radius 3 is 2.55 bits per heavy atom. The number of hydrogen-bond donors (Lipinski definition) is 1. The second kappa shape index (κ2) is 7.78. The molecule has 0 saturated heterocycles. The zero-order valence-corrected chi connectivity index (χ0v) is 17.5. The summed E-state index contributed by atoms with van der Waals surface area (Å²) in [6, 6.07) is 13.5. The molecule has 0 radical (unpaired) electrons. The van der Waals surface area contributed by atoms with Crippen molar-refractivity contribution in [2.24, 2.45) is 0 Å². The Labute approximate surface area is 173 Å². The van der Waals surface area contributed by atoms with Crippen LogP contribution in [0.4, 0.5) is 0 Å². The molecule has 0 bridgehead atoms. The average Bonchev–Trinajstić information content (AvgIpc) is 3.24. The van der Waals surface area contributed by atoms with Gasteiger partial charge in [-0.15, -0.1) is 11.3 Å². The Morgan fingerprint density at radius 2 is 1.86 bits per heavy atom. The number of aliphatic hydroxyl groups is 1. The predicted molar refractivity (Wildman–Crippen MR) is 118 cm³/mol.